The van der Waals surface area contributed by atoms with Gasteiger partial charge in [0.15, 0.2) is 11.5 Å². The van der Waals surface area contributed by atoms with Crippen LogP contribution in [0.4, 0.5) is 13.2 Å². The van der Waals surface area contributed by atoms with E-state index in [0.717, 1.165) is 12.1 Å². The fraction of sp³-hybridized carbons (Fsp3) is 0.222. The third-order valence-electron chi connectivity index (χ3n) is 1.64. The first-order chi connectivity index (χ1) is 6.93. The first-order valence-electron chi connectivity index (χ1n) is 3.87. The SMILES string of the molecule is CC(=O)c1ccc(F)c(Br)c1OC(F)F. The maximum Gasteiger partial charge on any atom is 0.387 e. The number of halogens is 4. The Hall–Kier alpha value is -1.04. The second kappa shape index (κ2) is 4.65. The van der Waals surface area contributed by atoms with Crippen LogP contribution in [0.15, 0.2) is 16.6 Å². The first kappa shape index (κ1) is 12.0. The van der Waals surface area contributed by atoms with E-state index in [1.807, 2.05) is 0 Å². The summed E-state index contributed by atoms with van der Waals surface area (Å²) in [5.74, 6) is -1.72. The summed E-state index contributed by atoms with van der Waals surface area (Å²) < 4.78 is 40.8. The van der Waals surface area contributed by atoms with Crippen molar-refractivity contribution in [3.8, 4) is 5.75 Å². The van der Waals surface area contributed by atoms with Crippen molar-refractivity contribution in [2.24, 2.45) is 0 Å². The van der Waals surface area contributed by atoms with Gasteiger partial charge in [0.25, 0.3) is 0 Å². The van der Waals surface area contributed by atoms with Crippen molar-refractivity contribution in [2.45, 2.75) is 13.5 Å². The van der Waals surface area contributed by atoms with Gasteiger partial charge in [0, 0.05) is 0 Å². The molecule has 0 fully saturated rings. The average Bonchev–Trinajstić information content (AvgIpc) is 2.12. The van der Waals surface area contributed by atoms with Crippen LogP contribution in [-0.2, 0) is 0 Å². The maximum absolute atomic E-state index is 13.0. The molecule has 1 rings (SSSR count). The zero-order chi connectivity index (χ0) is 11.6. The van der Waals surface area contributed by atoms with Gasteiger partial charge in [0.1, 0.15) is 5.82 Å². The Bertz CT molecular complexity index is 393. The Balaban J connectivity index is 3.28. The van der Waals surface area contributed by atoms with Gasteiger partial charge >= 0.3 is 6.61 Å². The minimum atomic E-state index is -3.11. The Morgan fingerprint density at radius 2 is 2.07 bits per heavy atom. The minimum Gasteiger partial charge on any atom is -0.433 e. The molecule has 6 heteroatoms. The molecule has 0 amide bonds. The van der Waals surface area contributed by atoms with Crippen LogP contribution >= 0.6 is 15.9 Å². The second-order valence-electron chi connectivity index (χ2n) is 2.67. The van der Waals surface area contributed by atoms with E-state index < -0.39 is 24.0 Å². The summed E-state index contributed by atoms with van der Waals surface area (Å²) in [4.78, 5) is 11.0. The lowest BCUT2D eigenvalue weighted by Crippen LogP contribution is -2.08. The van der Waals surface area contributed by atoms with Crippen LogP contribution in [0, 0.1) is 5.82 Å². The highest BCUT2D eigenvalue weighted by molar-refractivity contribution is 9.10. The number of Topliss-reactive ketones (excluding diaryl/α,β-unsaturated/α-hetero) is 1. The van der Waals surface area contributed by atoms with Gasteiger partial charge in [-0.1, -0.05) is 0 Å². The Morgan fingerprint density at radius 3 is 2.53 bits per heavy atom. The van der Waals surface area contributed by atoms with E-state index in [1.54, 1.807) is 0 Å². The molecular weight excluding hydrogens is 277 g/mol. The number of alkyl halides is 2. The summed E-state index contributed by atoms with van der Waals surface area (Å²) >= 11 is 2.74. The van der Waals surface area contributed by atoms with Crippen LogP contribution in [0.25, 0.3) is 0 Å². The lowest BCUT2D eigenvalue weighted by molar-refractivity contribution is -0.0508. The quantitative estimate of drug-likeness (QED) is 0.795. The number of carbonyl (C=O) groups is 1. The molecule has 1 aromatic carbocycles. The van der Waals surface area contributed by atoms with Gasteiger partial charge < -0.3 is 4.74 Å². The number of ether oxygens (including phenoxy) is 1. The molecule has 0 heterocycles. The number of hydrogen-bond acceptors (Lipinski definition) is 2. The molecule has 0 unspecified atom stereocenters. The smallest absolute Gasteiger partial charge is 0.387 e. The molecule has 15 heavy (non-hydrogen) atoms. The Labute approximate surface area is 92.2 Å². The molecule has 0 bridgehead atoms. The standard InChI is InChI=1S/C9H6BrF3O2/c1-4(14)5-2-3-6(11)7(10)8(5)15-9(12)13/h2-3,9H,1H3. The van der Waals surface area contributed by atoms with E-state index in [2.05, 4.69) is 20.7 Å². The summed E-state index contributed by atoms with van der Waals surface area (Å²) in [6.07, 6.45) is 0. The van der Waals surface area contributed by atoms with Crippen LogP contribution in [-0.4, -0.2) is 12.4 Å². The molecule has 0 atom stereocenters. The van der Waals surface area contributed by atoms with E-state index in [-0.39, 0.29) is 10.0 Å². The molecule has 2 nitrogen and oxygen atoms in total. The third-order valence-corrected chi connectivity index (χ3v) is 2.38. The van der Waals surface area contributed by atoms with Crippen molar-refractivity contribution in [1.82, 2.24) is 0 Å². The maximum atomic E-state index is 13.0. The summed E-state index contributed by atoms with van der Waals surface area (Å²) in [6, 6.07) is 2.10. The van der Waals surface area contributed by atoms with E-state index in [1.165, 1.54) is 6.92 Å². The van der Waals surface area contributed by atoms with Gasteiger partial charge in [-0.15, -0.1) is 0 Å². The average molecular weight is 283 g/mol. The van der Waals surface area contributed by atoms with Gasteiger partial charge in [-0.2, -0.15) is 8.78 Å². The van der Waals surface area contributed by atoms with E-state index >= 15 is 0 Å². The normalized spacial score (nSPS) is 10.5. The zero-order valence-electron chi connectivity index (χ0n) is 7.56. The fourth-order valence-electron chi connectivity index (χ4n) is 1.01. The third kappa shape index (κ3) is 2.71. The summed E-state index contributed by atoms with van der Waals surface area (Å²) in [6.45, 7) is -1.93. The van der Waals surface area contributed by atoms with Gasteiger partial charge in [0.05, 0.1) is 10.0 Å². The highest BCUT2D eigenvalue weighted by Crippen LogP contribution is 2.33. The van der Waals surface area contributed by atoms with Crippen LogP contribution in [0.1, 0.15) is 17.3 Å². The molecule has 0 spiro atoms. The second-order valence-corrected chi connectivity index (χ2v) is 3.47. The molecular formula is C9H6BrF3O2. The number of carbonyl (C=O) groups excluding carboxylic acids is 1. The van der Waals surface area contributed by atoms with Crippen molar-refractivity contribution >= 4 is 21.7 Å². The Morgan fingerprint density at radius 1 is 1.47 bits per heavy atom. The topological polar surface area (TPSA) is 26.3 Å². The van der Waals surface area contributed by atoms with Gasteiger partial charge in [-0.25, -0.2) is 4.39 Å². The molecule has 82 valence electrons. The predicted molar refractivity (Wildman–Crippen MR) is 50.7 cm³/mol. The van der Waals surface area contributed by atoms with Crippen LogP contribution in [0.2, 0.25) is 0 Å². The van der Waals surface area contributed by atoms with Crippen LogP contribution in [0.5, 0.6) is 5.75 Å². The molecule has 0 saturated heterocycles. The van der Waals surface area contributed by atoms with E-state index in [4.69, 9.17) is 0 Å². The molecule has 0 saturated carbocycles. The van der Waals surface area contributed by atoms with Crippen LogP contribution < -0.4 is 4.74 Å². The van der Waals surface area contributed by atoms with E-state index in [9.17, 15) is 18.0 Å². The summed E-state index contributed by atoms with van der Waals surface area (Å²) in [5.41, 5.74) is -0.0939. The van der Waals surface area contributed by atoms with Gasteiger partial charge in [0.2, 0.25) is 0 Å². The zero-order valence-corrected chi connectivity index (χ0v) is 9.15. The molecule has 0 aliphatic heterocycles. The largest absolute Gasteiger partial charge is 0.433 e. The van der Waals surface area contributed by atoms with Gasteiger partial charge in [-0.05, 0) is 35.0 Å². The lowest BCUT2D eigenvalue weighted by atomic mass is 10.1. The predicted octanol–water partition coefficient (Wildman–Crippen LogP) is 3.39. The highest BCUT2D eigenvalue weighted by Gasteiger charge is 2.18. The molecule has 0 aliphatic rings. The van der Waals surface area contributed by atoms with Crippen LogP contribution in [0.3, 0.4) is 0 Å². The lowest BCUT2D eigenvalue weighted by Gasteiger charge is -2.10. The van der Waals surface area contributed by atoms with Crippen molar-refractivity contribution in [3.05, 3.63) is 28.0 Å². The minimum absolute atomic E-state index is 0.0939. The molecule has 0 N–H and O–H groups in total. The number of benzene rings is 1. The molecule has 1 aromatic rings. The summed E-state index contributed by atoms with van der Waals surface area (Å²) in [7, 11) is 0. The summed E-state index contributed by atoms with van der Waals surface area (Å²) in [5, 5.41) is 0. The first-order valence-corrected chi connectivity index (χ1v) is 4.66. The van der Waals surface area contributed by atoms with Crippen molar-refractivity contribution < 1.29 is 22.7 Å². The number of ketones is 1. The molecule has 0 aromatic heterocycles. The Kier molecular flexibility index (Phi) is 3.73. The van der Waals surface area contributed by atoms with Crippen molar-refractivity contribution in [3.63, 3.8) is 0 Å². The van der Waals surface area contributed by atoms with Crippen molar-refractivity contribution in [2.75, 3.05) is 0 Å². The molecule has 0 radical (unpaired) electrons. The monoisotopic (exact) mass is 282 g/mol. The number of hydrogen-bond donors (Lipinski definition) is 0. The van der Waals surface area contributed by atoms with Crippen molar-refractivity contribution in [1.29, 1.82) is 0 Å². The highest BCUT2D eigenvalue weighted by atomic mass is 79.9. The van der Waals surface area contributed by atoms with Gasteiger partial charge in [-0.3, -0.25) is 4.79 Å². The molecule has 0 aliphatic carbocycles. The van der Waals surface area contributed by atoms with E-state index in [0.29, 0.717) is 0 Å². The fourth-order valence-corrected chi connectivity index (χ4v) is 1.45. The number of rotatable bonds is 3.